The van der Waals surface area contributed by atoms with Gasteiger partial charge in [0, 0.05) is 17.1 Å². The number of rotatable bonds is 4. The van der Waals surface area contributed by atoms with Gasteiger partial charge >= 0.3 is 6.09 Å². The van der Waals surface area contributed by atoms with Gasteiger partial charge in [-0.2, -0.15) is 0 Å². The summed E-state index contributed by atoms with van der Waals surface area (Å²) in [5, 5.41) is 14.8. The molecule has 10 heteroatoms. The van der Waals surface area contributed by atoms with Crippen molar-refractivity contribution in [2.45, 2.75) is 58.2 Å². The molecule has 0 spiro atoms. The predicted molar refractivity (Wildman–Crippen MR) is 107 cm³/mol. The van der Waals surface area contributed by atoms with Crippen LogP contribution in [0.25, 0.3) is 5.69 Å². The van der Waals surface area contributed by atoms with Crippen LogP contribution in [0.2, 0.25) is 5.02 Å². The zero-order chi connectivity index (χ0) is 21.2. The average Bonchev–Trinajstić information content (AvgIpc) is 3.32. The number of amides is 2. The van der Waals surface area contributed by atoms with E-state index < -0.39 is 17.7 Å². The number of carbonyl (C=O) groups is 2. The first-order valence-electron chi connectivity index (χ1n) is 9.48. The van der Waals surface area contributed by atoms with Crippen LogP contribution in [0.4, 0.5) is 4.79 Å². The summed E-state index contributed by atoms with van der Waals surface area (Å²) in [5.74, 6) is -0.233. The number of hydrogen-bond acceptors (Lipinski definition) is 6. The van der Waals surface area contributed by atoms with Crippen molar-refractivity contribution in [1.82, 2.24) is 30.4 Å². The van der Waals surface area contributed by atoms with Crippen molar-refractivity contribution in [3.8, 4) is 5.69 Å². The molecule has 2 amide bonds. The summed E-state index contributed by atoms with van der Waals surface area (Å²) in [6.45, 7) is 7.76. The smallest absolute Gasteiger partial charge is 0.410 e. The third-order valence-electron chi connectivity index (χ3n) is 4.59. The molecule has 1 saturated heterocycles. The van der Waals surface area contributed by atoms with E-state index in [4.69, 9.17) is 16.3 Å². The number of carbonyl (C=O) groups excluding carboxylic acids is 2. The van der Waals surface area contributed by atoms with Gasteiger partial charge in [-0.15, -0.1) is 5.10 Å². The van der Waals surface area contributed by atoms with Gasteiger partial charge in [0.1, 0.15) is 18.0 Å². The third kappa shape index (κ3) is 5.03. The SMILES string of the molecule is CC(NC(=O)[C@@H]1CCCN1C(=O)OC(C)(C)C)c1cc(Cl)ccc1-n1cnnn1. The molecule has 1 fully saturated rings. The molecular weight excluding hydrogens is 396 g/mol. The van der Waals surface area contributed by atoms with E-state index in [0.29, 0.717) is 23.7 Å². The molecule has 2 atom stereocenters. The molecule has 1 aromatic carbocycles. The van der Waals surface area contributed by atoms with Crippen LogP contribution >= 0.6 is 11.6 Å². The van der Waals surface area contributed by atoms with E-state index in [1.54, 1.807) is 39.0 Å². The van der Waals surface area contributed by atoms with Crippen molar-refractivity contribution in [3.05, 3.63) is 35.1 Å². The number of tetrazole rings is 1. The molecule has 1 unspecified atom stereocenters. The van der Waals surface area contributed by atoms with Gasteiger partial charge in [-0.1, -0.05) is 11.6 Å². The Bertz CT molecular complexity index is 881. The van der Waals surface area contributed by atoms with E-state index in [0.717, 1.165) is 12.0 Å². The Hall–Kier alpha value is -2.68. The van der Waals surface area contributed by atoms with Crippen LogP contribution in [0.15, 0.2) is 24.5 Å². The summed E-state index contributed by atoms with van der Waals surface area (Å²) in [6, 6.07) is 4.35. The van der Waals surface area contributed by atoms with Crippen molar-refractivity contribution in [2.24, 2.45) is 0 Å². The third-order valence-corrected chi connectivity index (χ3v) is 4.83. The van der Waals surface area contributed by atoms with Gasteiger partial charge in [-0.25, -0.2) is 9.48 Å². The number of ether oxygens (including phenoxy) is 1. The van der Waals surface area contributed by atoms with Crippen LogP contribution in [0.3, 0.4) is 0 Å². The van der Waals surface area contributed by atoms with Crippen LogP contribution in [-0.4, -0.2) is 55.3 Å². The van der Waals surface area contributed by atoms with Crippen LogP contribution in [0.1, 0.15) is 52.1 Å². The second kappa shape index (κ2) is 8.36. The molecule has 0 radical (unpaired) electrons. The van der Waals surface area contributed by atoms with Crippen LogP contribution in [0, 0.1) is 0 Å². The molecule has 2 aromatic rings. The van der Waals surface area contributed by atoms with E-state index in [-0.39, 0.29) is 11.9 Å². The van der Waals surface area contributed by atoms with E-state index in [1.807, 2.05) is 6.92 Å². The van der Waals surface area contributed by atoms with Gasteiger partial charge in [-0.3, -0.25) is 9.69 Å². The first kappa shape index (κ1) is 21.0. The van der Waals surface area contributed by atoms with Gasteiger partial charge < -0.3 is 10.1 Å². The summed E-state index contributed by atoms with van der Waals surface area (Å²) < 4.78 is 6.95. The van der Waals surface area contributed by atoms with E-state index >= 15 is 0 Å². The molecule has 3 rings (SSSR count). The second-order valence-electron chi connectivity index (χ2n) is 8.02. The molecule has 2 heterocycles. The van der Waals surface area contributed by atoms with Gasteiger partial charge in [0.25, 0.3) is 0 Å². The zero-order valence-corrected chi connectivity index (χ0v) is 17.7. The maximum atomic E-state index is 13.0. The molecule has 1 aromatic heterocycles. The van der Waals surface area contributed by atoms with Crippen molar-refractivity contribution in [1.29, 1.82) is 0 Å². The Balaban J connectivity index is 1.75. The maximum absolute atomic E-state index is 13.0. The average molecular weight is 421 g/mol. The summed E-state index contributed by atoms with van der Waals surface area (Å²) >= 11 is 6.17. The number of halogens is 1. The lowest BCUT2D eigenvalue weighted by atomic mass is 10.1. The largest absolute Gasteiger partial charge is 0.444 e. The molecular formula is C19H25ClN6O3. The van der Waals surface area contributed by atoms with E-state index in [1.165, 1.54) is 15.9 Å². The number of likely N-dealkylation sites (tertiary alicyclic amines) is 1. The van der Waals surface area contributed by atoms with Crippen LogP contribution < -0.4 is 5.32 Å². The molecule has 1 aliphatic heterocycles. The quantitative estimate of drug-likeness (QED) is 0.815. The fourth-order valence-electron chi connectivity index (χ4n) is 3.32. The minimum absolute atomic E-state index is 0.233. The predicted octanol–water partition coefficient (Wildman–Crippen LogP) is 2.89. The number of nitrogens with one attached hydrogen (secondary N) is 1. The lowest BCUT2D eigenvalue weighted by Crippen LogP contribution is -2.48. The molecule has 9 nitrogen and oxygen atoms in total. The normalized spacial score (nSPS) is 17.8. The van der Waals surface area contributed by atoms with Crippen LogP contribution in [0.5, 0.6) is 0 Å². The Labute approximate surface area is 174 Å². The highest BCUT2D eigenvalue weighted by atomic mass is 35.5. The molecule has 0 saturated carbocycles. The van der Waals surface area contributed by atoms with Crippen molar-refractivity contribution in [2.75, 3.05) is 6.54 Å². The zero-order valence-electron chi connectivity index (χ0n) is 16.9. The Morgan fingerprint density at radius 3 is 2.76 bits per heavy atom. The number of aromatic nitrogens is 4. The minimum atomic E-state index is -0.616. The minimum Gasteiger partial charge on any atom is -0.444 e. The van der Waals surface area contributed by atoms with Gasteiger partial charge in [0.15, 0.2) is 0 Å². The lowest BCUT2D eigenvalue weighted by Gasteiger charge is -2.29. The highest BCUT2D eigenvalue weighted by Gasteiger charge is 2.37. The van der Waals surface area contributed by atoms with E-state index in [9.17, 15) is 9.59 Å². The number of hydrogen-bond donors (Lipinski definition) is 1. The number of nitrogens with zero attached hydrogens (tertiary/aromatic N) is 5. The second-order valence-corrected chi connectivity index (χ2v) is 8.46. The molecule has 1 aliphatic rings. The van der Waals surface area contributed by atoms with E-state index in [2.05, 4.69) is 20.8 Å². The highest BCUT2D eigenvalue weighted by Crippen LogP contribution is 2.26. The van der Waals surface area contributed by atoms with Crippen molar-refractivity contribution < 1.29 is 14.3 Å². The highest BCUT2D eigenvalue weighted by molar-refractivity contribution is 6.30. The molecule has 29 heavy (non-hydrogen) atoms. The van der Waals surface area contributed by atoms with Crippen LogP contribution in [-0.2, 0) is 9.53 Å². The monoisotopic (exact) mass is 420 g/mol. The topological polar surface area (TPSA) is 102 Å². The molecule has 1 N–H and O–H groups in total. The fraction of sp³-hybridized carbons (Fsp3) is 0.526. The summed E-state index contributed by atoms with van der Waals surface area (Å²) in [7, 11) is 0. The lowest BCUT2D eigenvalue weighted by molar-refractivity contribution is -0.126. The standard InChI is InChI=1S/C19H25ClN6O3/c1-12(14-10-13(20)7-8-15(14)26-11-21-23-24-26)22-17(27)16-6-5-9-25(16)18(28)29-19(2,3)4/h7-8,10-12,16H,5-6,9H2,1-4H3,(H,22,27)/t12?,16-/m0/s1. The first-order valence-corrected chi connectivity index (χ1v) is 9.86. The number of benzene rings is 1. The maximum Gasteiger partial charge on any atom is 0.410 e. The first-order chi connectivity index (χ1) is 13.7. The molecule has 156 valence electrons. The molecule has 0 aliphatic carbocycles. The Morgan fingerprint density at radius 1 is 1.34 bits per heavy atom. The summed E-state index contributed by atoms with van der Waals surface area (Å²) in [6.07, 6.45) is 2.34. The molecule has 0 bridgehead atoms. The summed E-state index contributed by atoms with van der Waals surface area (Å²) in [5.41, 5.74) is 0.859. The van der Waals surface area contributed by atoms with Gasteiger partial charge in [0.2, 0.25) is 5.91 Å². The van der Waals surface area contributed by atoms with Crippen molar-refractivity contribution >= 4 is 23.6 Å². The van der Waals surface area contributed by atoms with Gasteiger partial charge in [0.05, 0.1) is 11.7 Å². The fourth-order valence-corrected chi connectivity index (χ4v) is 3.50. The Morgan fingerprint density at radius 2 is 2.10 bits per heavy atom. The summed E-state index contributed by atoms with van der Waals surface area (Å²) in [4.78, 5) is 26.9. The van der Waals surface area contributed by atoms with Crippen molar-refractivity contribution in [3.63, 3.8) is 0 Å². The van der Waals surface area contributed by atoms with Gasteiger partial charge in [-0.05, 0) is 69.2 Å². The Kier molecular flexibility index (Phi) is 6.07.